The van der Waals surface area contributed by atoms with Crippen LogP contribution in [0.1, 0.15) is 21.5 Å². The van der Waals surface area contributed by atoms with Crippen LogP contribution in [0.2, 0.25) is 5.02 Å². The van der Waals surface area contributed by atoms with Crippen molar-refractivity contribution in [1.29, 1.82) is 0 Å². The first kappa shape index (κ1) is 17.3. The normalized spacial score (nSPS) is 11.1. The van der Waals surface area contributed by atoms with Crippen LogP contribution in [0.4, 0.5) is 5.69 Å². The van der Waals surface area contributed by atoms with E-state index in [4.69, 9.17) is 11.6 Å². The summed E-state index contributed by atoms with van der Waals surface area (Å²) >= 11 is 5.96. The van der Waals surface area contributed by atoms with E-state index in [0.717, 1.165) is 5.56 Å². The Morgan fingerprint density at radius 1 is 1.09 bits per heavy atom. The summed E-state index contributed by atoms with van der Waals surface area (Å²) in [4.78, 5) is 11.9. The van der Waals surface area contributed by atoms with Gasteiger partial charge < -0.3 is 5.32 Å². The van der Waals surface area contributed by atoms with E-state index >= 15 is 0 Å². The largest absolute Gasteiger partial charge is 0.355 e. The van der Waals surface area contributed by atoms with Gasteiger partial charge in [-0.25, -0.2) is 8.42 Å². The van der Waals surface area contributed by atoms with E-state index in [1.165, 1.54) is 25.2 Å². The molecule has 0 saturated carbocycles. The number of sulfonamides is 1. The van der Waals surface area contributed by atoms with Crippen molar-refractivity contribution in [2.75, 3.05) is 11.8 Å². The fourth-order valence-electron chi connectivity index (χ4n) is 2.21. The Hall–Kier alpha value is -2.05. The minimum atomic E-state index is -3.75. The van der Waals surface area contributed by atoms with Crippen molar-refractivity contribution in [2.45, 2.75) is 18.7 Å². The minimum Gasteiger partial charge on any atom is -0.355 e. The van der Waals surface area contributed by atoms with Crippen molar-refractivity contribution < 1.29 is 13.2 Å². The fourth-order valence-corrected chi connectivity index (χ4v) is 3.69. The molecule has 2 rings (SSSR count). The van der Waals surface area contributed by atoms with Crippen molar-refractivity contribution in [1.82, 2.24) is 5.32 Å². The summed E-state index contributed by atoms with van der Waals surface area (Å²) in [5.74, 6) is -0.387. The Morgan fingerprint density at radius 3 is 2.39 bits per heavy atom. The second-order valence-electron chi connectivity index (χ2n) is 5.15. The SMILES string of the molecule is CNC(=O)c1cc(NS(=O)(=O)c2ccc(C)cc2C)ccc1Cl. The quantitative estimate of drug-likeness (QED) is 0.887. The number of rotatable bonds is 4. The number of carbonyl (C=O) groups excluding carboxylic acids is 1. The highest BCUT2D eigenvalue weighted by Gasteiger charge is 2.18. The van der Waals surface area contributed by atoms with E-state index in [2.05, 4.69) is 10.0 Å². The minimum absolute atomic E-state index is 0.194. The van der Waals surface area contributed by atoms with Crippen molar-refractivity contribution in [2.24, 2.45) is 0 Å². The van der Waals surface area contributed by atoms with Crippen molar-refractivity contribution in [3.8, 4) is 0 Å². The Labute approximate surface area is 140 Å². The van der Waals surface area contributed by atoms with Gasteiger partial charge in [-0.3, -0.25) is 9.52 Å². The molecule has 0 aromatic heterocycles. The zero-order valence-corrected chi connectivity index (χ0v) is 14.5. The molecule has 0 aliphatic heterocycles. The van der Waals surface area contributed by atoms with Crippen LogP contribution in [-0.2, 0) is 10.0 Å². The van der Waals surface area contributed by atoms with Gasteiger partial charge in [0.15, 0.2) is 0 Å². The van der Waals surface area contributed by atoms with Gasteiger partial charge in [-0.15, -0.1) is 0 Å². The molecule has 2 aromatic rings. The molecule has 2 N–H and O–H groups in total. The molecule has 0 aliphatic carbocycles. The van der Waals surface area contributed by atoms with E-state index in [9.17, 15) is 13.2 Å². The molecular formula is C16H17ClN2O3S. The number of anilines is 1. The molecule has 0 unspecified atom stereocenters. The lowest BCUT2D eigenvalue weighted by molar-refractivity contribution is 0.0963. The van der Waals surface area contributed by atoms with Crippen molar-refractivity contribution in [3.05, 3.63) is 58.1 Å². The topological polar surface area (TPSA) is 75.3 Å². The Morgan fingerprint density at radius 2 is 1.78 bits per heavy atom. The third-order valence-corrected chi connectivity index (χ3v) is 5.18. The van der Waals surface area contributed by atoms with Crippen LogP contribution >= 0.6 is 11.6 Å². The van der Waals surface area contributed by atoms with E-state index in [0.29, 0.717) is 5.56 Å². The summed E-state index contributed by atoms with van der Waals surface area (Å²) in [5, 5.41) is 2.71. The number of hydrogen-bond donors (Lipinski definition) is 2. The van der Waals surface area contributed by atoms with Gasteiger partial charge in [-0.05, 0) is 43.7 Å². The van der Waals surface area contributed by atoms with Crippen LogP contribution in [0, 0.1) is 13.8 Å². The van der Waals surface area contributed by atoms with Crippen molar-refractivity contribution in [3.63, 3.8) is 0 Å². The van der Waals surface area contributed by atoms with Gasteiger partial charge in [0.05, 0.1) is 15.5 Å². The predicted molar refractivity (Wildman–Crippen MR) is 91.6 cm³/mol. The van der Waals surface area contributed by atoms with Gasteiger partial charge in [0, 0.05) is 12.7 Å². The molecule has 0 aliphatic rings. The maximum absolute atomic E-state index is 12.5. The summed E-state index contributed by atoms with van der Waals surface area (Å²) in [7, 11) is -2.27. The molecule has 2 aromatic carbocycles. The standard InChI is InChI=1S/C16H17ClN2O3S/c1-10-4-7-15(11(2)8-10)23(21,22)19-12-5-6-14(17)13(9-12)16(20)18-3/h4-9,19H,1-3H3,(H,18,20). The smallest absolute Gasteiger partial charge is 0.262 e. The van der Waals surface area contributed by atoms with Crippen LogP contribution in [0.25, 0.3) is 0 Å². The Balaban J connectivity index is 2.39. The van der Waals surface area contributed by atoms with Gasteiger partial charge >= 0.3 is 0 Å². The molecule has 0 spiro atoms. The van der Waals surface area contributed by atoms with Gasteiger partial charge in [0.25, 0.3) is 15.9 Å². The first-order valence-electron chi connectivity index (χ1n) is 6.86. The molecule has 0 heterocycles. The van der Waals surface area contributed by atoms with E-state index in [1.54, 1.807) is 25.1 Å². The molecule has 0 atom stereocenters. The lowest BCUT2D eigenvalue weighted by Crippen LogP contribution is -2.19. The van der Waals surface area contributed by atoms with E-state index in [-0.39, 0.29) is 27.1 Å². The molecule has 5 nitrogen and oxygen atoms in total. The number of carbonyl (C=O) groups is 1. The van der Waals surface area contributed by atoms with Crippen LogP contribution in [0.3, 0.4) is 0 Å². The number of nitrogens with one attached hydrogen (secondary N) is 2. The zero-order valence-electron chi connectivity index (χ0n) is 13.0. The third kappa shape index (κ3) is 3.83. The fraction of sp³-hybridized carbons (Fsp3) is 0.188. The molecule has 23 heavy (non-hydrogen) atoms. The summed E-state index contributed by atoms with van der Waals surface area (Å²) in [5.41, 5.74) is 2.11. The second kappa shape index (κ2) is 6.60. The van der Waals surface area contributed by atoms with Crippen LogP contribution in [0.5, 0.6) is 0 Å². The summed E-state index contributed by atoms with van der Waals surface area (Å²) in [6.07, 6.45) is 0. The van der Waals surface area contributed by atoms with Crippen LogP contribution in [-0.4, -0.2) is 21.4 Å². The highest BCUT2D eigenvalue weighted by atomic mass is 35.5. The van der Waals surface area contributed by atoms with Gasteiger partial charge in [-0.2, -0.15) is 0 Å². The number of aryl methyl sites for hydroxylation is 2. The highest BCUT2D eigenvalue weighted by molar-refractivity contribution is 7.92. The number of hydrogen-bond acceptors (Lipinski definition) is 3. The van der Waals surface area contributed by atoms with Gasteiger partial charge in [-0.1, -0.05) is 29.3 Å². The summed E-state index contributed by atoms with van der Waals surface area (Å²) in [6.45, 7) is 3.63. The summed E-state index contributed by atoms with van der Waals surface area (Å²) < 4.78 is 27.5. The molecule has 0 fully saturated rings. The first-order chi connectivity index (χ1) is 10.7. The van der Waals surface area contributed by atoms with Gasteiger partial charge in [0.1, 0.15) is 0 Å². The van der Waals surface area contributed by atoms with Crippen LogP contribution < -0.4 is 10.0 Å². The predicted octanol–water partition coefficient (Wildman–Crippen LogP) is 3.12. The molecule has 0 saturated heterocycles. The average molecular weight is 353 g/mol. The second-order valence-corrected chi connectivity index (χ2v) is 7.21. The number of halogens is 1. The molecule has 122 valence electrons. The van der Waals surface area contributed by atoms with Crippen LogP contribution in [0.15, 0.2) is 41.3 Å². The monoisotopic (exact) mass is 352 g/mol. The Bertz CT molecular complexity index is 864. The number of amides is 1. The molecule has 7 heteroatoms. The van der Waals surface area contributed by atoms with Gasteiger partial charge in [0.2, 0.25) is 0 Å². The molecule has 0 bridgehead atoms. The Kier molecular flexibility index (Phi) is 4.97. The maximum Gasteiger partial charge on any atom is 0.262 e. The lowest BCUT2D eigenvalue weighted by atomic mass is 10.2. The lowest BCUT2D eigenvalue weighted by Gasteiger charge is -2.12. The first-order valence-corrected chi connectivity index (χ1v) is 8.72. The third-order valence-electron chi connectivity index (χ3n) is 3.31. The number of benzene rings is 2. The molecule has 1 amide bonds. The molecular weight excluding hydrogens is 336 g/mol. The van der Waals surface area contributed by atoms with Crippen molar-refractivity contribution >= 4 is 33.2 Å². The maximum atomic E-state index is 12.5. The summed E-state index contributed by atoms with van der Waals surface area (Å²) in [6, 6.07) is 9.48. The van der Waals surface area contributed by atoms with E-state index < -0.39 is 10.0 Å². The van der Waals surface area contributed by atoms with E-state index in [1.807, 2.05) is 6.92 Å². The zero-order chi connectivity index (χ0) is 17.2. The highest BCUT2D eigenvalue weighted by Crippen LogP contribution is 2.24. The molecule has 0 radical (unpaired) electrons. The average Bonchev–Trinajstić information content (AvgIpc) is 2.47.